The summed E-state index contributed by atoms with van der Waals surface area (Å²) in [6.45, 7) is 0. The minimum atomic E-state index is -1.11. The molecule has 1 aromatic heterocycles. The number of methoxy groups -OCH3 is 1. The van der Waals surface area contributed by atoms with Gasteiger partial charge in [0.25, 0.3) is 0 Å². The average molecular weight is 262 g/mol. The first kappa shape index (κ1) is 12.9. The van der Waals surface area contributed by atoms with Gasteiger partial charge in [-0.1, -0.05) is 0 Å². The Balaban J connectivity index is 2.16. The highest BCUT2D eigenvalue weighted by Gasteiger charge is 2.20. The summed E-state index contributed by atoms with van der Waals surface area (Å²) in [5.41, 5.74) is 7.13. The van der Waals surface area contributed by atoms with E-state index >= 15 is 0 Å². The Morgan fingerprint density at radius 1 is 1.47 bits per heavy atom. The van der Waals surface area contributed by atoms with Gasteiger partial charge in [0.05, 0.1) is 19.1 Å². The molecule has 19 heavy (non-hydrogen) atoms. The van der Waals surface area contributed by atoms with Crippen LogP contribution in [0, 0.1) is 0 Å². The zero-order valence-corrected chi connectivity index (χ0v) is 10.3. The smallest absolute Gasteiger partial charge is 0.358 e. The predicted octanol–water partition coefficient (Wildman–Crippen LogP) is 0.882. The van der Waals surface area contributed by atoms with Crippen LogP contribution in [0.15, 0.2) is 30.6 Å². The molecule has 0 aliphatic carbocycles. The zero-order valence-electron chi connectivity index (χ0n) is 10.3. The van der Waals surface area contributed by atoms with E-state index in [2.05, 4.69) is 20.0 Å². The summed E-state index contributed by atoms with van der Waals surface area (Å²) in [6.07, 6.45) is 0.204. The quantitative estimate of drug-likeness (QED) is 0.369. The van der Waals surface area contributed by atoms with Gasteiger partial charge >= 0.3 is 5.97 Å². The maximum absolute atomic E-state index is 11.4. The van der Waals surface area contributed by atoms with Crippen LogP contribution < -0.4 is 11.1 Å². The number of carbonyl (C=O) groups excluding carboxylic acids is 1. The molecule has 100 valence electrons. The molecule has 1 atom stereocenters. The van der Waals surface area contributed by atoms with Crippen molar-refractivity contribution in [2.45, 2.75) is 6.23 Å². The summed E-state index contributed by atoms with van der Waals surface area (Å²) in [5.74, 6) is -0.616. The number of esters is 1. The van der Waals surface area contributed by atoms with Crippen LogP contribution in [0.4, 0.5) is 11.4 Å². The highest BCUT2D eigenvalue weighted by Crippen LogP contribution is 2.19. The summed E-state index contributed by atoms with van der Waals surface area (Å²) in [7, 11) is 1.25. The molecule has 7 heteroatoms. The Labute approximate surface area is 109 Å². The third kappa shape index (κ3) is 2.83. The van der Waals surface area contributed by atoms with Crippen LogP contribution >= 0.6 is 0 Å². The van der Waals surface area contributed by atoms with E-state index < -0.39 is 12.2 Å². The van der Waals surface area contributed by atoms with Crippen molar-refractivity contribution in [1.82, 2.24) is 9.97 Å². The number of ether oxygens (including phenoxy) is 1. The van der Waals surface area contributed by atoms with E-state index in [1.165, 1.54) is 13.4 Å². The molecule has 0 bridgehead atoms. The molecule has 1 heterocycles. The number of H-pyrrole nitrogens is 1. The maximum atomic E-state index is 11.4. The largest absolute Gasteiger partial charge is 0.464 e. The SMILES string of the molecule is COC(=O)c1nc[nH]c1C(O)Nc1ccc(N)cc1. The Morgan fingerprint density at radius 2 is 2.16 bits per heavy atom. The molecule has 0 fully saturated rings. The fraction of sp³-hybridized carbons (Fsp3) is 0.167. The topological polar surface area (TPSA) is 113 Å². The standard InChI is InChI=1S/C12H14N4O3/c1-19-12(18)10-9(14-6-15-10)11(17)16-8-4-2-7(13)3-5-8/h2-6,11,16-17H,13H2,1H3,(H,14,15). The van der Waals surface area contributed by atoms with Gasteiger partial charge in [0.15, 0.2) is 11.9 Å². The van der Waals surface area contributed by atoms with Crippen LogP contribution in [0.25, 0.3) is 0 Å². The summed E-state index contributed by atoms with van der Waals surface area (Å²) in [6, 6.07) is 6.83. The van der Waals surface area contributed by atoms with Crippen molar-refractivity contribution >= 4 is 17.3 Å². The second-order valence-electron chi connectivity index (χ2n) is 3.83. The van der Waals surface area contributed by atoms with Crippen molar-refractivity contribution in [1.29, 1.82) is 0 Å². The number of imidazole rings is 1. The van der Waals surface area contributed by atoms with Crippen LogP contribution in [0.5, 0.6) is 0 Å². The van der Waals surface area contributed by atoms with Crippen LogP contribution in [-0.2, 0) is 4.74 Å². The Kier molecular flexibility index (Phi) is 3.67. The molecule has 0 amide bonds. The van der Waals surface area contributed by atoms with E-state index in [-0.39, 0.29) is 11.4 Å². The molecule has 1 unspecified atom stereocenters. The lowest BCUT2D eigenvalue weighted by Gasteiger charge is -2.13. The van der Waals surface area contributed by atoms with E-state index in [1.807, 2.05) is 0 Å². The van der Waals surface area contributed by atoms with Gasteiger partial charge in [0, 0.05) is 11.4 Å². The molecule has 0 saturated heterocycles. The van der Waals surface area contributed by atoms with Gasteiger partial charge in [-0.05, 0) is 24.3 Å². The minimum Gasteiger partial charge on any atom is -0.464 e. The fourth-order valence-electron chi connectivity index (χ4n) is 1.58. The number of hydrogen-bond acceptors (Lipinski definition) is 6. The lowest BCUT2D eigenvalue weighted by atomic mass is 10.2. The molecule has 1 aromatic carbocycles. The van der Waals surface area contributed by atoms with Crippen LogP contribution in [0.3, 0.4) is 0 Å². The number of aromatic amines is 1. The van der Waals surface area contributed by atoms with Crippen LogP contribution in [-0.4, -0.2) is 28.2 Å². The lowest BCUT2D eigenvalue weighted by molar-refractivity contribution is 0.0588. The molecular formula is C12H14N4O3. The first-order valence-corrected chi connectivity index (χ1v) is 5.53. The Bertz CT molecular complexity index is 565. The van der Waals surface area contributed by atoms with Gasteiger partial charge in [0.2, 0.25) is 0 Å². The number of aromatic nitrogens is 2. The van der Waals surface area contributed by atoms with Crippen LogP contribution in [0.1, 0.15) is 22.4 Å². The Hall–Kier alpha value is -2.54. The molecule has 5 N–H and O–H groups in total. The number of nitrogens with one attached hydrogen (secondary N) is 2. The number of nitrogens with two attached hydrogens (primary N) is 1. The minimum absolute atomic E-state index is 0.0398. The normalized spacial score (nSPS) is 11.9. The monoisotopic (exact) mass is 262 g/mol. The second kappa shape index (κ2) is 5.40. The zero-order chi connectivity index (χ0) is 13.8. The molecule has 0 aliphatic rings. The first-order chi connectivity index (χ1) is 9.11. The van der Waals surface area contributed by atoms with Gasteiger partial charge < -0.3 is 25.9 Å². The molecule has 2 aromatic rings. The molecular weight excluding hydrogens is 248 g/mol. The number of aliphatic hydroxyl groups excluding tert-OH is 1. The van der Waals surface area contributed by atoms with E-state index in [4.69, 9.17) is 5.73 Å². The molecule has 0 saturated carbocycles. The van der Waals surface area contributed by atoms with E-state index in [9.17, 15) is 9.90 Å². The van der Waals surface area contributed by atoms with Gasteiger partial charge in [0.1, 0.15) is 0 Å². The summed E-state index contributed by atoms with van der Waals surface area (Å²) >= 11 is 0. The molecule has 0 radical (unpaired) electrons. The van der Waals surface area contributed by atoms with Crippen molar-refractivity contribution < 1.29 is 14.6 Å². The number of anilines is 2. The highest BCUT2D eigenvalue weighted by atomic mass is 16.5. The van der Waals surface area contributed by atoms with Gasteiger partial charge in [-0.2, -0.15) is 0 Å². The van der Waals surface area contributed by atoms with Crippen LogP contribution in [0.2, 0.25) is 0 Å². The summed E-state index contributed by atoms with van der Waals surface area (Å²) in [5, 5.41) is 12.8. The van der Waals surface area contributed by atoms with E-state index in [0.717, 1.165) is 0 Å². The number of aliphatic hydroxyl groups is 1. The van der Waals surface area contributed by atoms with Crippen molar-refractivity contribution in [3.8, 4) is 0 Å². The molecule has 7 nitrogen and oxygen atoms in total. The number of carbonyl (C=O) groups is 1. The van der Waals surface area contributed by atoms with Crippen molar-refractivity contribution in [3.05, 3.63) is 42.0 Å². The summed E-state index contributed by atoms with van der Waals surface area (Å²) in [4.78, 5) is 18.0. The number of rotatable bonds is 4. The van der Waals surface area contributed by atoms with Gasteiger partial charge in [-0.25, -0.2) is 9.78 Å². The predicted molar refractivity (Wildman–Crippen MR) is 69.4 cm³/mol. The van der Waals surface area contributed by atoms with Crippen molar-refractivity contribution in [2.24, 2.45) is 0 Å². The highest BCUT2D eigenvalue weighted by molar-refractivity contribution is 5.88. The van der Waals surface area contributed by atoms with Crippen molar-refractivity contribution in [3.63, 3.8) is 0 Å². The molecule has 2 rings (SSSR count). The third-order valence-corrected chi connectivity index (χ3v) is 2.54. The number of nitrogen functional groups attached to an aromatic ring is 1. The third-order valence-electron chi connectivity index (χ3n) is 2.54. The number of hydrogen-bond donors (Lipinski definition) is 4. The van der Waals surface area contributed by atoms with Crippen molar-refractivity contribution in [2.75, 3.05) is 18.2 Å². The number of benzene rings is 1. The second-order valence-corrected chi connectivity index (χ2v) is 3.83. The lowest BCUT2D eigenvalue weighted by Crippen LogP contribution is -2.15. The maximum Gasteiger partial charge on any atom is 0.358 e. The first-order valence-electron chi connectivity index (χ1n) is 5.53. The van der Waals surface area contributed by atoms with E-state index in [0.29, 0.717) is 11.4 Å². The van der Waals surface area contributed by atoms with E-state index in [1.54, 1.807) is 24.3 Å². The number of nitrogens with zero attached hydrogens (tertiary/aromatic N) is 1. The molecule has 0 aliphatic heterocycles. The fourth-order valence-corrected chi connectivity index (χ4v) is 1.58. The van der Waals surface area contributed by atoms with Gasteiger partial charge in [-0.15, -0.1) is 0 Å². The molecule has 0 spiro atoms. The Morgan fingerprint density at radius 3 is 2.79 bits per heavy atom. The summed E-state index contributed by atoms with van der Waals surface area (Å²) < 4.78 is 4.57. The average Bonchev–Trinajstić information content (AvgIpc) is 2.90. The van der Waals surface area contributed by atoms with Gasteiger partial charge in [-0.3, -0.25) is 0 Å².